The van der Waals surface area contributed by atoms with E-state index in [0.717, 1.165) is 10.0 Å². The van der Waals surface area contributed by atoms with Gasteiger partial charge in [0.05, 0.1) is 6.42 Å². The Labute approximate surface area is 184 Å². The molecular weight excluding hydrogens is 463 g/mol. The van der Waals surface area contributed by atoms with Crippen LogP contribution in [0, 0.1) is 0 Å². The predicted molar refractivity (Wildman–Crippen MR) is 118 cm³/mol. The number of hydrogen-bond donors (Lipinski definition) is 1. The van der Waals surface area contributed by atoms with Crippen LogP contribution < -0.4 is 5.32 Å². The lowest BCUT2D eigenvalue weighted by Gasteiger charge is -2.29. The molecule has 0 bridgehead atoms. The molecule has 0 aliphatic carbocycles. The Morgan fingerprint density at radius 2 is 1.82 bits per heavy atom. The zero-order chi connectivity index (χ0) is 20.8. The van der Waals surface area contributed by atoms with Crippen molar-refractivity contribution >= 4 is 50.9 Å². The van der Waals surface area contributed by atoms with E-state index in [0.29, 0.717) is 22.2 Å². The molecule has 2 amide bonds. The summed E-state index contributed by atoms with van der Waals surface area (Å²) in [5.41, 5.74) is 1.60. The second-order valence-electron chi connectivity index (χ2n) is 6.90. The molecule has 1 atom stereocenters. The van der Waals surface area contributed by atoms with Gasteiger partial charge in [-0.15, -0.1) is 0 Å². The first kappa shape index (κ1) is 22.7. The molecule has 0 radical (unpaired) electrons. The number of nitrogens with one attached hydrogen (secondary N) is 1. The van der Waals surface area contributed by atoms with Gasteiger partial charge in [-0.1, -0.05) is 57.3 Å². The van der Waals surface area contributed by atoms with Gasteiger partial charge in [-0.25, -0.2) is 0 Å². The molecule has 28 heavy (non-hydrogen) atoms. The van der Waals surface area contributed by atoms with E-state index < -0.39 is 6.04 Å². The molecule has 0 unspecified atom stereocenters. The fourth-order valence-corrected chi connectivity index (χ4v) is 3.67. The van der Waals surface area contributed by atoms with Crippen molar-refractivity contribution < 1.29 is 9.59 Å². The highest BCUT2D eigenvalue weighted by molar-refractivity contribution is 9.10. The van der Waals surface area contributed by atoms with E-state index in [-0.39, 0.29) is 24.3 Å². The molecule has 0 aromatic heterocycles. The van der Waals surface area contributed by atoms with Crippen LogP contribution in [0.25, 0.3) is 0 Å². The third-order valence-electron chi connectivity index (χ3n) is 4.20. The van der Waals surface area contributed by atoms with Crippen molar-refractivity contribution in [3.05, 3.63) is 68.1 Å². The first-order valence-corrected chi connectivity index (χ1v) is 10.5. The fraction of sp³-hybridized carbons (Fsp3) is 0.333. The third kappa shape index (κ3) is 6.50. The zero-order valence-corrected chi connectivity index (χ0v) is 19.1. The summed E-state index contributed by atoms with van der Waals surface area (Å²) >= 11 is 15.6. The summed E-state index contributed by atoms with van der Waals surface area (Å²) in [6, 6.07) is 12.1. The molecule has 1 N–H and O–H groups in total. The highest BCUT2D eigenvalue weighted by atomic mass is 79.9. The molecule has 0 aliphatic heterocycles. The number of rotatable bonds is 7. The van der Waals surface area contributed by atoms with E-state index in [4.69, 9.17) is 23.2 Å². The SMILES string of the molecule is CC(C)NC(=O)[C@@H](C)N(Cc1cccc(Br)c1)C(=O)Cc1ccc(Cl)cc1Cl. The number of amides is 2. The Morgan fingerprint density at radius 1 is 1.11 bits per heavy atom. The molecule has 150 valence electrons. The Bertz CT molecular complexity index is 858. The van der Waals surface area contributed by atoms with Crippen molar-refractivity contribution in [3.63, 3.8) is 0 Å². The lowest BCUT2D eigenvalue weighted by molar-refractivity contribution is -0.140. The molecule has 2 aromatic carbocycles. The Kier molecular flexibility index (Phi) is 8.35. The third-order valence-corrected chi connectivity index (χ3v) is 5.28. The van der Waals surface area contributed by atoms with Crippen molar-refractivity contribution in [1.29, 1.82) is 0 Å². The average Bonchev–Trinajstić information content (AvgIpc) is 2.61. The quantitative estimate of drug-likeness (QED) is 0.582. The summed E-state index contributed by atoms with van der Waals surface area (Å²) in [5, 5.41) is 3.82. The maximum Gasteiger partial charge on any atom is 0.242 e. The summed E-state index contributed by atoms with van der Waals surface area (Å²) in [7, 11) is 0. The van der Waals surface area contributed by atoms with Crippen LogP contribution in [0.3, 0.4) is 0 Å². The van der Waals surface area contributed by atoms with Crippen molar-refractivity contribution in [2.45, 2.75) is 45.8 Å². The predicted octanol–water partition coefficient (Wildman–Crippen LogP) is 5.24. The number of carbonyl (C=O) groups excluding carboxylic acids is 2. The first-order chi connectivity index (χ1) is 13.2. The number of carbonyl (C=O) groups is 2. The summed E-state index contributed by atoms with van der Waals surface area (Å²) < 4.78 is 0.914. The molecule has 7 heteroatoms. The molecule has 4 nitrogen and oxygen atoms in total. The minimum Gasteiger partial charge on any atom is -0.352 e. The summed E-state index contributed by atoms with van der Waals surface area (Å²) in [5.74, 6) is -0.379. The van der Waals surface area contributed by atoms with Gasteiger partial charge in [0.25, 0.3) is 0 Å². The van der Waals surface area contributed by atoms with Crippen LogP contribution >= 0.6 is 39.1 Å². The van der Waals surface area contributed by atoms with E-state index >= 15 is 0 Å². The lowest BCUT2D eigenvalue weighted by atomic mass is 10.1. The second kappa shape index (κ2) is 10.3. The van der Waals surface area contributed by atoms with E-state index in [1.54, 1.807) is 30.0 Å². The Balaban J connectivity index is 2.27. The smallest absolute Gasteiger partial charge is 0.242 e. The van der Waals surface area contributed by atoms with Crippen molar-refractivity contribution in [2.24, 2.45) is 0 Å². The van der Waals surface area contributed by atoms with Crippen LogP contribution in [0.1, 0.15) is 31.9 Å². The number of nitrogens with zero attached hydrogens (tertiary/aromatic N) is 1. The number of hydrogen-bond acceptors (Lipinski definition) is 2. The highest BCUT2D eigenvalue weighted by Crippen LogP contribution is 2.23. The lowest BCUT2D eigenvalue weighted by Crippen LogP contribution is -2.49. The van der Waals surface area contributed by atoms with Crippen LogP contribution in [-0.4, -0.2) is 28.8 Å². The normalized spacial score (nSPS) is 12.0. The summed E-state index contributed by atoms with van der Waals surface area (Å²) in [4.78, 5) is 27.2. The van der Waals surface area contributed by atoms with E-state index in [1.165, 1.54) is 0 Å². The van der Waals surface area contributed by atoms with Gasteiger partial charge in [0.15, 0.2) is 0 Å². The van der Waals surface area contributed by atoms with Gasteiger partial charge in [0.2, 0.25) is 11.8 Å². The molecular formula is C21H23BrCl2N2O2. The van der Waals surface area contributed by atoms with Crippen LogP contribution in [0.4, 0.5) is 0 Å². The Hall–Kier alpha value is -1.56. The molecule has 0 aliphatic rings. The van der Waals surface area contributed by atoms with Gasteiger partial charge in [0.1, 0.15) is 6.04 Å². The van der Waals surface area contributed by atoms with Gasteiger partial charge in [-0.2, -0.15) is 0 Å². The molecule has 0 saturated heterocycles. The molecule has 2 rings (SSSR count). The Morgan fingerprint density at radius 3 is 2.43 bits per heavy atom. The van der Waals surface area contributed by atoms with E-state index in [1.807, 2.05) is 38.1 Å². The zero-order valence-electron chi connectivity index (χ0n) is 16.0. The number of benzene rings is 2. The number of halogens is 3. The highest BCUT2D eigenvalue weighted by Gasteiger charge is 2.27. The monoisotopic (exact) mass is 484 g/mol. The first-order valence-electron chi connectivity index (χ1n) is 8.95. The standard InChI is InChI=1S/C21H23BrCl2N2O2/c1-13(2)25-21(28)14(3)26(12-15-5-4-6-17(22)9-15)20(27)10-16-7-8-18(23)11-19(16)24/h4-9,11,13-14H,10,12H2,1-3H3,(H,25,28)/t14-/m1/s1. The van der Waals surface area contributed by atoms with Crippen molar-refractivity contribution in [1.82, 2.24) is 10.2 Å². The topological polar surface area (TPSA) is 49.4 Å². The fourth-order valence-electron chi connectivity index (χ4n) is 2.75. The van der Waals surface area contributed by atoms with Gasteiger partial charge >= 0.3 is 0 Å². The summed E-state index contributed by atoms with van der Waals surface area (Å²) in [6.07, 6.45) is 0.0866. The molecule has 0 fully saturated rings. The molecule has 0 saturated carbocycles. The molecule has 2 aromatic rings. The largest absolute Gasteiger partial charge is 0.352 e. The summed E-state index contributed by atoms with van der Waals surface area (Å²) in [6.45, 7) is 5.82. The van der Waals surface area contributed by atoms with E-state index in [2.05, 4.69) is 21.2 Å². The maximum atomic E-state index is 13.1. The maximum absolute atomic E-state index is 13.1. The van der Waals surface area contributed by atoms with Crippen LogP contribution in [0.2, 0.25) is 10.0 Å². The minimum absolute atomic E-state index is 0.0107. The second-order valence-corrected chi connectivity index (χ2v) is 8.66. The molecule has 0 heterocycles. The van der Waals surface area contributed by atoms with Crippen LogP contribution in [0.5, 0.6) is 0 Å². The van der Waals surface area contributed by atoms with Gasteiger partial charge in [-0.05, 0) is 56.2 Å². The van der Waals surface area contributed by atoms with Crippen molar-refractivity contribution in [3.8, 4) is 0 Å². The van der Waals surface area contributed by atoms with Crippen LogP contribution in [0.15, 0.2) is 46.9 Å². The van der Waals surface area contributed by atoms with Gasteiger partial charge in [-0.3, -0.25) is 9.59 Å². The van der Waals surface area contributed by atoms with Gasteiger partial charge < -0.3 is 10.2 Å². The van der Waals surface area contributed by atoms with E-state index in [9.17, 15) is 9.59 Å². The van der Waals surface area contributed by atoms with Crippen LogP contribution in [-0.2, 0) is 22.6 Å². The van der Waals surface area contributed by atoms with Gasteiger partial charge in [0, 0.05) is 27.1 Å². The minimum atomic E-state index is -0.625. The molecule has 0 spiro atoms. The van der Waals surface area contributed by atoms with Crippen molar-refractivity contribution in [2.75, 3.05) is 0 Å². The average molecular weight is 486 g/mol.